The molecule has 0 spiro atoms. The minimum Gasteiger partial charge on any atom is -0.497 e. The Balaban J connectivity index is 1.59. The van der Waals surface area contributed by atoms with Gasteiger partial charge in [-0.15, -0.1) is 0 Å². The largest absolute Gasteiger partial charge is 0.497 e. The van der Waals surface area contributed by atoms with Crippen LogP contribution in [0.4, 0.5) is 5.69 Å². The van der Waals surface area contributed by atoms with Gasteiger partial charge >= 0.3 is 0 Å². The maximum atomic E-state index is 12.3. The Morgan fingerprint density at radius 3 is 2.58 bits per heavy atom. The van der Waals surface area contributed by atoms with Crippen LogP contribution in [-0.2, 0) is 13.3 Å². The van der Waals surface area contributed by atoms with Crippen molar-refractivity contribution in [3.05, 3.63) is 54.1 Å². The first kappa shape index (κ1) is 17.5. The number of ether oxygens (including phenoxy) is 2. The number of aromatic nitrogens is 4. The van der Waals surface area contributed by atoms with Crippen molar-refractivity contribution in [1.29, 1.82) is 0 Å². The van der Waals surface area contributed by atoms with Crippen LogP contribution in [0.15, 0.2) is 42.7 Å². The molecule has 0 aliphatic rings. The number of hydrogen-bond acceptors (Lipinski definition) is 5. The van der Waals surface area contributed by atoms with Crippen LogP contribution in [0.5, 0.6) is 11.5 Å². The van der Waals surface area contributed by atoms with Gasteiger partial charge in [0.1, 0.15) is 11.5 Å². The molecular weight excluding hydrogens is 334 g/mol. The van der Waals surface area contributed by atoms with Crippen molar-refractivity contribution in [2.75, 3.05) is 12.4 Å². The molecule has 2 heterocycles. The van der Waals surface area contributed by atoms with Crippen LogP contribution in [0.1, 0.15) is 23.1 Å². The summed E-state index contributed by atoms with van der Waals surface area (Å²) in [6, 6.07) is 8.90. The fourth-order valence-electron chi connectivity index (χ4n) is 2.44. The predicted molar refractivity (Wildman–Crippen MR) is 96.4 cm³/mol. The highest BCUT2D eigenvalue weighted by molar-refractivity contribution is 6.03. The van der Waals surface area contributed by atoms with Gasteiger partial charge in [0.2, 0.25) is 0 Å². The zero-order chi connectivity index (χ0) is 18.5. The summed E-state index contributed by atoms with van der Waals surface area (Å²) in [4.78, 5) is 12.3. The second kappa shape index (κ2) is 7.73. The van der Waals surface area contributed by atoms with E-state index >= 15 is 0 Å². The Kier molecular flexibility index (Phi) is 5.21. The summed E-state index contributed by atoms with van der Waals surface area (Å²) >= 11 is 0. The van der Waals surface area contributed by atoms with Gasteiger partial charge in [0.25, 0.3) is 5.91 Å². The monoisotopic (exact) mass is 355 g/mol. The number of anilines is 1. The Morgan fingerprint density at radius 1 is 1.19 bits per heavy atom. The van der Waals surface area contributed by atoms with E-state index in [1.54, 1.807) is 30.3 Å². The molecule has 0 atom stereocenters. The van der Waals surface area contributed by atoms with Crippen molar-refractivity contribution in [2.45, 2.75) is 27.1 Å². The standard InChI is InChI=1S/C18H21N5O3/c1-4-23-13(2)17(11-19-23)20-18(24)16-9-10-22(21-16)12-26-15-7-5-14(25-3)6-8-15/h5-11H,4,12H2,1-3H3,(H,20,24). The third-order valence-electron chi connectivity index (χ3n) is 3.95. The first-order valence-corrected chi connectivity index (χ1v) is 8.24. The number of nitrogens with zero attached hydrogens (tertiary/aromatic N) is 4. The summed E-state index contributed by atoms with van der Waals surface area (Å²) in [5, 5.41) is 11.3. The number of methoxy groups -OCH3 is 1. The third kappa shape index (κ3) is 3.85. The van der Waals surface area contributed by atoms with Gasteiger partial charge in [-0.05, 0) is 44.2 Å². The van der Waals surface area contributed by atoms with Crippen molar-refractivity contribution in [3.8, 4) is 11.5 Å². The quantitative estimate of drug-likeness (QED) is 0.704. The van der Waals surface area contributed by atoms with Gasteiger partial charge in [0.05, 0.1) is 24.7 Å². The Bertz CT molecular complexity index is 883. The number of hydrogen-bond donors (Lipinski definition) is 1. The van der Waals surface area contributed by atoms with Crippen molar-refractivity contribution < 1.29 is 14.3 Å². The number of amides is 1. The molecule has 0 saturated carbocycles. The van der Waals surface area contributed by atoms with Crippen molar-refractivity contribution in [2.24, 2.45) is 0 Å². The molecule has 3 rings (SSSR count). The highest BCUT2D eigenvalue weighted by atomic mass is 16.5. The maximum absolute atomic E-state index is 12.3. The van der Waals surface area contributed by atoms with Gasteiger partial charge in [0.15, 0.2) is 12.4 Å². The first-order valence-electron chi connectivity index (χ1n) is 8.24. The van der Waals surface area contributed by atoms with Gasteiger partial charge in [0, 0.05) is 12.7 Å². The van der Waals surface area contributed by atoms with E-state index in [-0.39, 0.29) is 12.6 Å². The molecule has 0 radical (unpaired) electrons. The molecule has 0 saturated heterocycles. The zero-order valence-corrected chi connectivity index (χ0v) is 15.0. The Morgan fingerprint density at radius 2 is 1.92 bits per heavy atom. The molecule has 1 aromatic carbocycles. The van der Waals surface area contributed by atoms with Gasteiger partial charge in [-0.3, -0.25) is 9.48 Å². The lowest BCUT2D eigenvalue weighted by molar-refractivity contribution is 0.102. The molecule has 0 bridgehead atoms. The topological polar surface area (TPSA) is 83.2 Å². The van der Waals surface area contributed by atoms with Crippen LogP contribution in [-0.4, -0.2) is 32.6 Å². The molecule has 8 heteroatoms. The summed E-state index contributed by atoms with van der Waals surface area (Å²) in [5.74, 6) is 1.17. The Hall–Kier alpha value is -3.29. The van der Waals surface area contributed by atoms with Gasteiger partial charge < -0.3 is 14.8 Å². The normalized spacial score (nSPS) is 10.6. The second-order valence-corrected chi connectivity index (χ2v) is 5.60. The predicted octanol–water partition coefficient (Wildman–Crippen LogP) is 2.71. The smallest absolute Gasteiger partial charge is 0.276 e. The molecule has 26 heavy (non-hydrogen) atoms. The van der Waals surface area contributed by atoms with E-state index < -0.39 is 0 Å². The number of carbonyl (C=O) groups is 1. The average Bonchev–Trinajstić information content (AvgIpc) is 3.28. The molecule has 0 fully saturated rings. The fraction of sp³-hybridized carbons (Fsp3) is 0.278. The van der Waals surface area contributed by atoms with Crippen molar-refractivity contribution in [3.63, 3.8) is 0 Å². The molecule has 1 amide bonds. The molecule has 0 unspecified atom stereocenters. The number of carbonyl (C=O) groups excluding carboxylic acids is 1. The van der Waals surface area contributed by atoms with Crippen LogP contribution in [0.3, 0.4) is 0 Å². The summed E-state index contributed by atoms with van der Waals surface area (Å²) in [5.41, 5.74) is 1.90. The molecule has 136 valence electrons. The van der Waals surface area contributed by atoms with Crippen LogP contribution in [0.2, 0.25) is 0 Å². The van der Waals surface area contributed by atoms with E-state index in [4.69, 9.17) is 9.47 Å². The van der Waals surface area contributed by atoms with Gasteiger partial charge in [-0.1, -0.05) is 0 Å². The first-order chi connectivity index (χ1) is 12.6. The van der Waals surface area contributed by atoms with Crippen molar-refractivity contribution >= 4 is 11.6 Å². The van der Waals surface area contributed by atoms with Crippen LogP contribution >= 0.6 is 0 Å². The SMILES string of the molecule is CCn1ncc(NC(=O)c2ccn(COc3ccc(OC)cc3)n2)c1C. The van der Waals surface area contributed by atoms with Gasteiger partial charge in [-0.2, -0.15) is 10.2 Å². The molecule has 0 aliphatic heterocycles. The van der Waals surface area contributed by atoms with Crippen molar-refractivity contribution in [1.82, 2.24) is 19.6 Å². The molecule has 3 aromatic rings. The van der Waals surface area contributed by atoms with Gasteiger partial charge in [-0.25, -0.2) is 4.68 Å². The number of aryl methyl sites for hydroxylation is 1. The fourth-order valence-corrected chi connectivity index (χ4v) is 2.44. The van der Waals surface area contributed by atoms with Crippen LogP contribution in [0, 0.1) is 6.92 Å². The minimum atomic E-state index is -0.285. The number of rotatable bonds is 7. The summed E-state index contributed by atoms with van der Waals surface area (Å²) < 4.78 is 14.1. The highest BCUT2D eigenvalue weighted by Crippen LogP contribution is 2.17. The molecule has 8 nitrogen and oxygen atoms in total. The molecule has 0 aliphatic carbocycles. The number of nitrogens with one attached hydrogen (secondary N) is 1. The van der Waals surface area contributed by atoms with E-state index in [0.717, 1.165) is 18.0 Å². The third-order valence-corrected chi connectivity index (χ3v) is 3.95. The lowest BCUT2D eigenvalue weighted by Crippen LogP contribution is -2.14. The maximum Gasteiger partial charge on any atom is 0.276 e. The van der Waals surface area contributed by atoms with E-state index in [0.29, 0.717) is 17.1 Å². The second-order valence-electron chi connectivity index (χ2n) is 5.60. The average molecular weight is 355 g/mol. The lowest BCUT2D eigenvalue weighted by Gasteiger charge is -2.07. The van der Waals surface area contributed by atoms with E-state index in [2.05, 4.69) is 15.5 Å². The van der Waals surface area contributed by atoms with Crippen LogP contribution in [0.25, 0.3) is 0 Å². The summed E-state index contributed by atoms with van der Waals surface area (Å²) in [7, 11) is 1.61. The summed E-state index contributed by atoms with van der Waals surface area (Å²) in [6.07, 6.45) is 3.33. The van der Waals surface area contributed by atoms with E-state index in [1.807, 2.05) is 42.8 Å². The summed E-state index contributed by atoms with van der Waals surface area (Å²) in [6.45, 7) is 4.86. The Labute approximate surface area is 151 Å². The molecule has 2 aromatic heterocycles. The number of benzene rings is 1. The van der Waals surface area contributed by atoms with E-state index in [9.17, 15) is 4.79 Å². The zero-order valence-electron chi connectivity index (χ0n) is 15.0. The lowest BCUT2D eigenvalue weighted by atomic mass is 10.3. The van der Waals surface area contributed by atoms with E-state index in [1.165, 1.54) is 0 Å². The minimum absolute atomic E-state index is 0.201. The molecule has 1 N–H and O–H groups in total. The molecular formula is C18H21N5O3. The van der Waals surface area contributed by atoms with Crippen LogP contribution < -0.4 is 14.8 Å². The highest BCUT2D eigenvalue weighted by Gasteiger charge is 2.13.